The van der Waals surface area contributed by atoms with Crippen molar-refractivity contribution >= 4 is 17.8 Å². The third kappa shape index (κ3) is 3.73. The van der Waals surface area contributed by atoms with Crippen LogP contribution in [0.25, 0.3) is 0 Å². The molecule has 3 rings (SSSR count). The Hall–Kier alpha value is -2.68. The second kappa shape index (κ2) is 7.51. The van der Waals surface area contributed by atoms with E-state index in [4.69, 9.17) is 9.47 Å². The van der Waals surface area contributed by atoms with Crippen LogP contribution in [0.5, 0.6) is 5.88 Å². The summed E-state index contributed by atoms with van der Waals surface area (Å²) >= 11 is 0. The molecule has 0 radical (unpaired) electrons. The van der Waals surface area contributed by atoms with Gasteiger partial charge in [0.15, 0.2) is 0 Å². The van der Waals surface area contributed by atoms with Crippen LogP contribution in [0.3, 0.4) is 0 Å². The number of carbonyl (C=O) groups excluding carboxylic acids is 3. The fourth-order valence-corrected chi connectivity index (χ4v) is 3.37. The lowest BCUT2D eigenvalue weighted by Crippen LogP contribution is -2.50. The number of hydrogen-bond donors (Lipinski definition) is 1. The van der Waals surface area contributed by atoms with E-state index < -0.39 is 11.6 Å². The Kier molecular flexibility index (Phi) is 5.31. The third-order valence-corrected chi connectivity index (χ3v) is 4.83. The van der Waals surface area contributed by atoms with Gasteiger partial charge in [-0.05, 0) is 31.9 Å². The molecule has 27 heavy (non-hydrogen) atoms. The number of likely N-dealkylation sites (tertiary alicyclic amines) is 1. The number of carbonyl (C=O) groups is 3. The summed E-state index contributed by atoms with van der Waals surface area (Å²) < 4.78 is 10.5. The van der Waals surface area contributed by atoms with Crippen LogP contribution in [0.4, 0.5) is 4.79 Å². The predicted molar refractivity (Wildman–Crippen MR) is 94.9 cm³/mol. The minimum atomic E-state index is -1.00. The Morgan fingerprint density at radius 2 is 2.15 bits per heavy atom. The summed E-state index contributed by atoms with van der Waals surface area (Å²) in [6, 6.07) is 2.92. The molecule has 1 aromatic rings. The zero-order chi connectivity index (χ0) is 19.6. The van der Waals surface area contributed by atoms with E-state index in [0.29, 0.717) is 18.8 Å². The van der Waals surface area contributed by atoms with Crippen molar-refractivity contribution in [2.75, 3.05) is 26.8 Å². The molecule has 4 amide bonds. The first-order valence-corrected chi connectivity index (χ1v) is 8.86. The molecule has 0 aromatic carbocycles. The van der Waals surface area contributed by atoms with Crippen LogP contribution >= 0.6 is 0 Å². The maximum absolute atomic E-state index is 12.7. The molecule has 9 heteroatoms. The van der Waals surface area contributed by atoms with Crippen molar-refractivity contribution in [2.24, 2.45) is 0 Å². The molecule has 146 valence electrons. The summed E-state index contributed by atoms with van der Waals surface area (Å²) in [6.07, 6.45) is 2.04. The van der Waals surface area contributed by atoms with Crippen LogP contribution < -0.4 is 10.1 Å². The molecular weight excluding hydrogens is 352 g/mol. The second-order valence-corrected chi connectivity index (χ2v) is 7.05. The molecule has 1 atom stereocenters. The second-order valence-electron chi connectivity index (χ2n) is 7.05. The average molecular weight is 376 g/mol. The van der Waals surface area contributed by atoms with Gasteiger partial charge in [-0.3, -0.25) is 14.5 Å². The van der Waals surface area contributed by atoms with Crippen molar-refractivity contribution in [3.63, 3.8) is 0 Å². The number of hydrogen-bond acceptors (Lipinski definition) is 6. The van der Waals surface area contributed by atoms with Crippen molar-refractivity contribution in [3.05, 3.63) is 23.9 Å². The third-order valence-electron chi connectivity index (χ3n) is 4.83. The van der Waals surface area contributed by atoms with Crippen LogP contribution in [-0.2, 0) is 20.9 Å². The first kappa shape index (κ1) is 19.1. The molecule has 0 bridgehead atoms. The highest BCUT2D eigenvalue weighted by molar-refractivity contribution is 6.08. The summed E-state index contributed by atoms with van der Waals surface area (Å²) in [5.41, 5.74) is -0.177. The van der Waals surface area contributed by atoms with Gasteiger partial charge in [-0.25, -0.2) is 9.78 Å². The van der Waals surface area contributed by atoms with Crippen LogP contribution in [0.1, 0.15) is 25.8 Å². The van der Waals surface area contributed by atoms with Crippen LogP contribution in [-0.4, -0.2) is 71.0 Å². The molecule has 2 fully saturated rings. The minimum Gasteiger partial charge on any atom is -0.481 e. The topological polar surface area (TPSA) is 101 Å². The largest absolute Gasteiger partial charge is 0.481 e. The number of amides is 4. The highest BCUT2D eigenvalue weighted by atomic mass is 16.5. The first-order valence-electron chi connectivity index (χ1n) is 8.86. The van der Waals surface area contributed by atoms with Crippen molar-refractivity contribution in [2.45, 2.75) is 38.5 Å². The standard InChI is InChI=1S/C18H24N4O5/c1-12(2)22-16(24)18(20-17(22)25)6-7-21(11-18)15(23)10-27-9-13-4-5-14(26-3)19-8-13/h4-5,8,12H,6-7,9-11H2,1-3H3,(H,20,25). The lowest BCUT2D eigenvalue weighted by Gasteiger charge is -2.23. The molecule has 1 unspecified atom stereocenters. The minimum absolute atomic E-state index is 0.0991. The number of nitrogens with one attached hydrogen (secondary N) is 1. The van der Waals surface area contributed by atoms with E-state index in [9.17, 15) is 14.4 Å². The Bertz CT molecular complexity index is 736. The van der Waals surface area contributed by atoms with Gasteiger partial charge in [0.05, 0.1) is 20.3 Å². The smallest absolute Gasteiger partial charge is 0.325 e. The Balaban J connectivity index is 1.52. The van der Waals surface area contributed by atoms with Crippen molar-refractivity contribution < 1.29 is 23.9 Å². The van der Waals surface area contributed by atoms with Gasteiger partial charge in [-0.1, -0.05) is 0 Å². The molecule has 1 N–H and O–H groups in total. The van der Waals surface area contributed by atoms with Gasteiger partial charge in [-0.2, -0.15) is 0 Å². The van der Waals surface area contributed by atoms with Crippen molar-refractivity contribution in [1.82, 2.24) is 20.1 Å². The van der Waals surface area contributed by atoms with Crippen molar-refractivity contribution in [3.8, 4) is 5.88 Å². The van der Waals surface area contributed by atoms with E-state index in [-0.39, 0.29) is 37.6 Å². The van der Waals surface area contributed by atoms with E-state index >= 15 is 0 Å². The number of methoxy groups -OCH3 is 1. The number of ether oxygens (including phenoxy) is 2. The quantitative estimate of drug-likeness (QED) is 0.727. The van der Waals surface area contributed by atoms with E-state index in [1.807, 2.05) is 6.07 Å². The van der Waals surface area contributed by atoms with E-state index in [2.05, 4.69) is 10.3 Å². The average Bonchev–Trinajstić information content (AvgIpc) is 3.17. The first-order chi connectivity index (χ1) is 12.9. The van der Waals surface area contributed by atoms with Gasteiger partial charge in [0.25, 0.3) is 5.91 Å². The number of nitrogens with zero attached hydrogens (tertiary/aromatic N) is 3. The highest BCUT2D eigenvalue weighted by Crippen LogP contribution is 2.29. The van der Waals surface area contributed by atoms with Crippen LogP contribution in [0, 0.1) is 0 Å². The molecule has 3 heterocycles. The normalized spacial score (nSPS) is 22.1. The fraction of sp³-hybridized carbons (Fsp3) is 0.556. The van der Waals surface area contributed by atoms with Gasteiger partial charge < -0.3 is 19.7 Å². The molecule has 2 saturated heterocycles. The zero-order valence-corrected chi connectivity index (χ0v) is 15.7. The maximum Gasteiger partial charge on any atom is 0.325 e. The SMILES string of the molecule is COc1ccc(COCC(=O)N2CCC3(C2)NC(=O)N(C(C)C)C3=O)cn1. The number of urea groups is 1. The summed E-state index contributed by atoms with van der Waals surface area (Å²) in [4.78, 5) is 44.0. The maximum atomic E-state index is 12.7. The molecule has 0 aliphatic carbocycles. The van der Waals surface area contributed by atoms with E-state index in [1.165, 1.54) is 12.0 Å². The molecule has 1 spiro atoms. The summed E-state index contributed by atoms with van der Waals surface area (Å²) in [5, 5.41) is 2.77. The fourth-order valence-electron chi connectivity index (χ4n) is 3.37. The summed E-state index contributed by atoms with van der Waals surface area (Å²) in [7, 11) is 1.54. The molecule has 9 nitrogen and oxygen atoms in total. The molecule has 0 saturated carbocycles. The molecule has 2 aliphatic rings. The number of rotatable bonds is 6. The van der Waals surface area contributed by atoms with Gasteiger partial charge in [0.1, 0.15) is 12.1 Å². The Labute approximate surface area is 157 Å². The lowest BCUT2D eigenvalue weighted by atomic mass is 9.98. The molecular formula is C18H24N4O5. The lowest BCUT2D eigenvalue weighted by molar-refractivity contribution is -0.136. The number of pyridine rings is 1. The zero-order valence-electron chi connectivity index (χ0n) is 15.7. The van der Waals surface area contributed by atoms with Crippen LogP contribution in [0.2, 0.25) is 0 Å². The predicted octanol–water partition coefficient (Wildman–Crippen LogP) is 0.538. The Morgan fingerprint density at radius 3 is 2.74 bits per heavy atom. The highest BCUT2D eigenvalue weighted by Gasteiger charge is 2.55. The van der Waals surface area contributed by atoms with Crippen LogP contribution in [0.15, 0.2) is 18.3 Å². The van der Waals surface area contributed by atoms with E-state index in [0.717, 1.165) is 5.56 Å². The molecule has 2 aliphatic heterocycles. The van der Waals surface area contributed by atoms with Gasteiger partial charge in [-0.15, -0.1) is 0 Å². The molecule has 1 aromatic heterocycles. The summed E-state index contributed by atoms with van der Waals surface area (Å²) in [5.74, 6) is 0.0392. The number of aromatic nitrogens is 1. The Morgan fingerprint density at radius 1 is 1.37 bits per heavy atom. The van der Waals surface area contributed by atoms with Gasteiger partial charge in [0, 0.05) is 24.8 Å². The van der Waals surface area contributed by atoms with E-state index in [1.54, 1.807) is 31.0 Å². The number of imide groups is 1. The monoisotopic (exact) mass is 376 g/mol. The van der Waals surface area contributed by atoms with Crippen molar-refractivity contribution in [1.29, 1.82) is 0 Å². The summed E-state index contributed by atoms with van der Waals surface area (Å²) in [6.45, 7) is 4.31. The van der Waals surface area contributed by atoms with Gasteiger partial charge >= 0.3 is 6.03 Å². The van der Waals surface area contributed by atoms with Gasteiger partial charge in [0.2, 0.25) is 11.8 Å².